The van der Waals surface area contributed by atoms with Gasteiger partial charge in [0.05, 0.1) is 9.40 Å². The van der Waals surface area contributed by atoms with Gasteiger partial charge >= 0.3 is 11.8 Å². The molecule has 2 heterocycles. The average molecular weight is 401 g/mol. The number of carbonyl (C=O) groups is 1. The van der Waals surface area contributed by atoms with Crippen LogP contribution in [0.1, 0.15) is 27.7 Å². The summed E-state index contributed by atoms with van der Waals surface area (Å²) in [5, 5.41) is 11.3. The zero-order valence-corrected chi connectivity index (χ0v) is 15.7. The molecular weight excluding hydrogens is 380 g/mol. The Labute approximate surface area is 149 Å². The first-order valence-electron chi connectivity index (χ1n) is 7.62. The second kappa shape index (κ2) is 6.92. The second-order valence-electron chi connectivity index (χ2n) is 6.71. The van der Waals surface area contributed by atoms with Crippen LogP contribution in [0.25, 0.3) is 0 Å². The monoisotopic (exact) mass is 400 g/mol. The topological polar surface area (TPSA) is 88.8 Å². The van der Waals surface area contributed by atoms with Crippen LogP contribution in [0.2, 0.25) is 0 Å². The lowest BCUT2D eigenvalue weighted by atomic mass is 10.1. The molecule has 0 saturated carbocycles. The third kappa shape index (κ3) is 4.14. The van der Waals surface area contributed by atoms with E-state index >= 15 is 0 Å². The molecule has 1 atom stereocenters. The molecule has 8 nitrogen and oxygen atoms in total. The Bertz CT molecular complexity index is 647. The van der Waals surface area contributed by atoms with Gasteiger partial charge in [-0.15, -0.1) is 0 Å². The number of nitro groups is 1. The lowest BCUT2D eigenvalue weighted by Crippen LogP contribution is -2.55. The van der Waals surface area contributed by atoms with Crippen LogP contribution in [0.5, 0.6) is 0 Å². The molecule has 1 saturated heterocycles. The highest BCUT2D eigenvalue weighted by Crippen LogP contribution is 2.35. The fourth-order valence-corrected chi connectivity index (χ4v) is 3.19. The molecule has 24 heavy (non-hydrogen) atoms. The van der Waals surface area contributed by atoms with Crippen molar-refractivity contribution in [1.29, 1.82) is 0 Å². The van der Waals surface area contributed by atoms with E-state index in [1.54, 1.807) is 4.90 Å². The van der Waals surface area contributed by atoms with E-state index in [1.165, 1.54) is 12.4 Å². The zero-order valence-electron chi connectivity index (χ0n) is 14.2. The molecular formula is C15H21BrN4O4. The van der Waals surface area contributed by atoms with Gasteiger partial charge in [-0.1, -0.05) is 0 Å². The maximum atomic E-state index is 12.3. The SMILES string of the molecule is C[C@H]1CN(c2c(Br)cncc2[N+](=O)[O-])CCN1C(=O)OC(C)(C)C. The van der Waals surface area contributed by atoms with Gasteiger partial charge < -0.3 is 14.5 Å². The molecule has 1 amide bonds. The smallest absolute Gasteiger partial charge is 0.410 e. The van der Waals surface area contributed by atoms with Crippen LogP contribution in [-0.2, 0) is 4.74 Å². The van der Waals surface area contributed by atoms with E-state index in [-0.39, 0.29) is 17.8 Å². The van der Waals surface area contributed by atoms with Gasteiger partial charge in [-0.25, -0.2) is 4.79 Å². The highest BCUT2D eigenvalue weighted by atomic mass is 79.9. The number of anilines is 1. The first-order valence-corrected chi connectivity index (χ1v) is 8.42. The summed E-state index contributed by atoms with van der Waals surface area (Å²) in [7, 11) is 0. The Morgan fingerprint density at radius 1 is 1.42 bits per heavy atom. The Kier molecular flexibility index (Phi) is 5.32. The molecule has 0 unspecified atom stereocenters. The maximum Gasteiger partial charge on any atom is 0.410 e. The molecule has 132 valence electrons. The normalized spacial score (nSPS) is 18.5. The quantitative estimate of drug-likeness (QED) is 0.559. The summed E-state index contributed by atoms with van der Waals surface area (Å²) in [6.45, 7) is 8.75. The van der Waals surface area contributed by atoms with Gasteiger partial charge in [0.25, 0.3) is 0 Å². The summed E-state index contributed by atoms with van der Waals surface area (Å²) in [4.78, 5) is 30.5. The van der Waals surface area contributed by atoms with Crippen molar-refractivity contribution >= 4 is 33.4 Å². The first-order chi connectivity index (χ1) is 11.1. The largest absolute Gasteiger partial charge is 0.444 e. The number of piperazine rings is 1. The van der Waals surface area contributed by atoms with E-state index in [0.717, 1.165) is 0 Å². The predicted octanol–water partition coefficient (Wildman–Crippen LogP) is 3.20. The number of rotatable bonds is 2. The number of hydrogen-bond acceptors (Lipinski definition) is 6. The lowest BCUT2D eigenvalue weighted by molar-refractivity contribution is -0.384. The van der Waals surface area contributed by atoms with Gasteiger partial charge in [0.1, 0.15) is 17.5 Å². The summed E-state index contributed by atoms with van der Waals surface area (Å²) in [5.41, 5.74) is -0.117. The summed E-state index contributed by atoms with van der Waals surface area (Å²) in [5.74, 6) is 0. The molecule has 0 spiro atoms. The minimum atomic E-state index is -0.555. The van der Waals surface area contributed by atoms with Crippen LogP contribution in [0.4, 0.5) is 16.2 Å². The van der Waals surface area contributed by atoms with Crippen molar-refractivity contribution in [2.45, 2.75) is 39.3 Å². The molecule has 1 aromatic rings. The van der Waals surface area contributed by atoms with E-state index in [0.29, 0.717) is 29.8 Å². The van der Waals surface area contributed by atoms with Gasteiger partial charge in [-0.3, -0.25) is 15.1 Å². The number of hydrogen-bond donors (Lipinski definition) is 0. The highest BCUT2D eigenvalue weighted by molar-refractivity contribution is 9.10. The molecule has 2 rings (SSSR count). The molecule has 0 bridgehead atoms. The summed E-state index contributed by atoms with van der Waals surface area (Å²) in [6, 6.07) is -0.131. The van der Waals surface area contributed by atoms with Crippen LogP contribution in [0, 0.1) is 10.1 Å². The summed E-state index contributed by atoms with van der Waals surface area (Å²) in [6.07, 6.45) is 2.41. The highest BCUT2D eigenvalue weighted by Gasteiger charge is 2.33. The van der Waals surface area contributed by atoms with Crippen molar-refractivity contribution in [3.8, 4) is 0 Å². The van der Waals surface area contributed by atoms with E-state index in [4.69, 9.17) is 4.74 Å². The third-order valence-electron chi connectivity index (χ3n) is 3.62. The molecule has 9 heteroatoms. The van der Waals surface area contributed by atoms with Crippen molar-refractivity contribution in [1.82, 2.24) is 9.88 Å². The van der Waals surface area contributed by atoms with Crippen molar-refractivity contribution in [3.63, 3.8) is 0 Å². The van der Waals surface area contributed by atoms with Crippen LogP contribution in [0.3, 0.4) is 0 Å². The van der Waals surface area contributed by atoms with Gasteiger partial charge in [0, 0.05) is 31.9 Å². The number of nitrogens with zero attached hydrogens (tertiary/aromatic N) is 4. The fourth-order valence-electron chi connectivity index (χ4n) is 2.62. The Morgan fingerprint density at radius 3 is 2.62 bits per heavy atom. The van der Waals surface area contributed by atoms with Gasteiger partial charge in [0.15, 0.2) is 0 Å². The molecule has 1 fully saturated rings. The zero-order chi connectivity index (χ0) is 18.1. The summed E-state index contributed by atoms with van der Waals surface area (Å²) >= 11 is 3.34. The third-order valence-corrected chi connectivity index (χ3v) is 4.20. The van der Waals surface area contributed by atoms with Crippen molar-refractivity contribution in [3.05, 3.63) is 27.0 Å². The number of aromatic nitrogens is 1. The standard InChI is InChI=1S/C15H21BrN4O4/c1-10-9-18(5-6-19(10)14(21)24-15(2,3)4)13-11(16)7-17-8-12(13)20(22)23/h7-8,10H,5-6,9H2,1-4H3/t10-/m0/s1. The molecule has 1 aliphatic rings. The van der Waals surface area contributed by atoms with Crippen molar-refractivity contribution in [2.75, 3.05) is 24.5 Å². The van der Waals surface area contributed by atoms with Crippen LogP contribution >= 0.6 is 15.9 Å². The van der Waals surface area contributed by atoms with E-state index in [2.05, 4.69) is 20.9 Å². The van der Waals surface area contributed by atoms with Gasteiger partial charge in [0.2, 0.25) is 0 Å². The van der Waals surface area contributed by atoms with E-state index in [1.807, 2.05) is 32.6 Å². The number of carbonyl (C=O) groups excluding carboxylic acids is 1. The Hall–Kier alpha value is -1.90. The molecule has 1 aromatic heterocycles. The molecule has 0 aliphatic carbocycles. The number of amides is 1. The van der Waals surface area contributed by atoms with Crippen LogP contribution in [-0.4, -0.2) is 52.2 Å². The predicted molar refractivity (Wildman–Crippen MR) is 93.2 cm³/mol. The summed E-state index contributed by atoms with van der Waals surface area (Å²) < 4.78 is 5.98. The average Bonchev–Trinajstić information content (AvgIpc) is 2.44. The van der Waals surface area contributed by atoms with E-state index < -0.39 is 10.5 Å². The van der Waals surface area contributed by atoms with Crippen LogP contribution < -0.4 is 4.90 Å². The first kappa shape index (κ1) is 18.4. The van der Waals surface area contributed by atoms with E-state index in [9.17, 15) is 14.9 Å². The minimum absolute atomic E-state index is 0.0534. The van der Waals surface area contributed by atoms with Gasteiger partial charge in [-0.2, -0.15) is 0 Å². The van der Waals surface area contributed by atoms with Crippen molar-refractivity contribution < 1.29 is 14.5 Å². The molecule has 0 N–H and O–H groups in total. The maximum absolute atomic E-state index is 12.3. The molecule has 1 aliphatic heterocycles. The van der Waals surface area contributed by atoms with Gasteiger partial charge in [-0.05, 0) is 43.6 Å². The van der Waals surface area contributed by atoms with Crippen molar-refractivity contribution in [2.24, 2.45) is 0 Å². The second-order valence-corrected chi connectivity index (χ2v) is 7.57. The fraction of sp³-hybridized carbons (Fsp3) is 0.600. The number of ether oxygens (including phenoxy) is 1. The molecule has 0 radical (unpaired) electrons. The van der Waals surface area contributed by atoms with Crippen LogP contribution in [0.15, 0.2) is 16.9 Å². The number of pyridine rings is 1. The molecule has 0 aromatic carbocycles. The lowest BCUT2D eigenvalue weighted by Gasteiger charge is -2.41. The number of halogens is 1. The Morgan fingerprint density at radius 2 is 2.08 bits per heavy atom. The minimum Gasteiger partial charge on any atom is -0.444 e. The Balaban J connectivity index is 2.17.